The Balaban J connectivity index is 5.06. The van der Waals surface area contributed by atoms with Gasteiger partial charge in [0.1, 0.15) is 18.1 Å². The van der Waals surface area contributed by atoms with Crippen LogP contribution in [0.5, 0.6) is 0 Å². The largest absolute Gasteiger partial charge is 0.391 e. The van der Waals surface area contributed by atoms with Crippen LogP contribution in [0.1, 0.15) is 67.2 Å². The van der Waals surface area contributed by atoms with E-state index in [4.69, 9.17) is 5.73 Å². The highest BCUT2D eigenvalue weighted by molar-refractivity contribution is 5.93. The molecule has 0 fully saturated rings. The van der Waals surface area contributed by atoms with Crippen molar-refractivity contribution in [3.63, 3.8) is 0 Å². The van der Waals surface area contributed by atoms with Gasteiger partial charge in [0.05, 0.1) is 6.10 Å². The van der Waals surface area contributed by atoms with Crippen molar-refractivity contribution in [2.45, 2.75) is 91.5 Å². The Labute approximate surface area is 169 Å². The second-order valence-corrected chi connectivity index (χ2v) is 8.20. The van der Waals surface area contributed by atoms with E-state index in [1.54, 1.807) is 13.8 Å². The van der Waals surface area contributed by atoms with E-state index in [1.165, 1.54) is 6.92 Å². The second-order valence-electron chi connectivity index (χ2n) is 8.20. The number of rotatable bonds is 14. The average Bonchev–Trinajstić information content (AvgIpc) is 2.57. The zero-order valence-corrected chi connectivity index (χ0v) is 18.2. The third-order valence-corrected chi connectivity index (χ3v) is 4.52. The number of carbonyl (C=O) groups excluding carboxylic acids is 3. The molecule has 0 heterocycles. The van der Waals surface area contributed by atoms with Crippen LogP contribution in [0.4, 0.5) is 0 Å². The van der Waals surface area contributed by atoms with E-state index in [9.17, 15) is 19.5 Å². The Morgan fingerprint density at radius 2 is 1.50 bits per heavy atom. The van der Waals surface area contributed by atoms with Gasteiger partial charge >= 0.3 is 0 Å². The fourth-order valence-electron chi connectivity index (χ4n) is 2.87. The highest BCUT2D eigenvalue weighted by Gasteiger charge is 2.31. The third kappa shape index (κ3) is 10.0. The molecule has 4 atom stereocenters. The molecule has 0 radical (unpaired) electrons. The van der Waals surface area contributed by atoms with E-state index >= 15 is 0 Å². The summed E-state index contributed by atoms with van der Waals surface area (Å²) in [4.78, 5) is 37.0. The van der Waals surface area contributed by atoms with Gasteiger partial charge in [0, 0.05) is 0 Å². The van der Waals surface area contributed by atoms with Crippen LogP contribution in [0.2, 0.25) is 0 Å². The summed E-state index contributed by atoms with van der Waals surface area (Å²) in [5.41, 5.74) is 5.39. The number of nitrogens with one attached hydrogen (secondary N) is 3. The molecule has 0 bridgehead atoms. The van der Waals surface area contributed by atoms with Crippen molar-refractivity contribution in [2.24, 2.45) is 17.6 Å². The summed E-state index contributed by atoms with van der Waals surface area (Å²) in [6, 6.07) is -2.43. The number of aliphatic hydroxyl groups excluding tert-OH is 1. The summed E-state index contributed by atoms with van der Waals surface area (Å²) in [6.07, 6.45) is 2.51. The molecule has 0 aromatic rings. The van der Waals surface area contributed by atoms with E-state index in [-0.39, 0.29) is 11.8 Å². The quantitative estimate of drug-likeness (QED) is 0.273. The lowest BCUT2D eigenvalue weighted by atomic mass is 9.99. The molecule has 8 nitrogen and oxygen atoms in total. The number of hydrogen-bond acceptors (Lipinski definition) is 5. The number of unbranched alkanes of at least 4 members (excludes halogenated alkanes) is 2. The molecular weight excluding hydrogens is 360 g/mol. The standard InChI is InChI=1S/C20H40N4O4/c1-7-8-9-10-22-17(14(6)25)20(28)24-16(13(4)5)19(27)23-15(18(21)26)11-12(2)3/h12-17,22,25H,7-11H2,1-6H3,(H2,21,26)(H,23,27)(H,24,28). The van der Waals surface area contributed by atoms with Crippen LogP contribution in [0, 0.1) is 11.8 Å². The van der Waals surface area contributed by atoms with Gasteiger partial charge in [-0.25, -0.2) is 0 Å². The summed E-state index contributed by atoms with van der Waals surface area (Å²) in [5.74, 6) is -1.53. The van der Waals surface area contributed by atoms with Gasteiger partial charge in [0.15, 0.2) is 0 Å². The number of aliphatic hydroxyl groups is 1. The first-order chi connectivity index (χ1) is 13.0. The lowest BCUT2D eigenvalue weighted by molar-refractivity contribution is -0.134. The monoisotopic (exact) mass is 400 g/mol. The van der Waals surface area contributed by atoms with Crippen LogP contribution in [-0.4, -0.2) is 53.6 Å². The van der Waals surface area contributed by atoms with Crippen molar-refractivity contribution < 1.29 is 19.5 Å². The molecule has 0 aromatic carbocycles. The third-order valence-electron chi connectivity index (χ3n) is 4.52. The van der Waals surface area contributed by atoms with E-state index in [0.29, 0.717) is 13.0 Å². The summed E-state index contributed by atoms with van der Waals surface area (Å²) in [5, 5.41) is 18.4. The van der Waals surface area contributed by atoms with Gasteiger partial charge in [-0.15, -0.1) is 0 Å². The van der Waals surface area contributed by atoms with E-state index in [2.05, 4.69) is 22.9 Å². The maximum atomic E-state index is 12.7. The van der Waals surface area contributed by atoms with E-state index in [1.807, 2.05) is 13.8 Å². The average molecular weight is 401 g/mol. The molecule has 0 aliphatic carbocycles. The maximum Gasteiger partial charge on any atom is 0.243 e. The minimum atomic E-state index is -0.906. The Bertz CT molecular complexity index is 495. The molecule has 0 saturated heterocycles. The Morgan fingerprint density at radius 1 is 0.929 bits per heavy atom. The van der Waals surface area contributed by atoms with E-state index < -0.39 is 42.0 Å². The summed E-state index contributed by atoms with van der Waals surface area (Å²) in [6.45, 7) is 11.7. The van der Waals surface area contributed by atoms with Gasteiger partial charge in [-0.2, -0.15) is 0 Å². The predicted octanol–water partition coefficient (Wildman–Crippen LogP) is 0.673. The molecule has 0 saturated carbocycles. The summed E-state index contributed by atoms with van der Waals surface area (Å²) >= 11 is 0. The molecule has 0 rings (SSSR count). The van der Waals surface area contributed by atoms with Crippen LogP contribution < -0.4 is 21.7 Å². The lowest BCUT2D eigenvalue weighted by Crippen LogP contribution is -2.59. The van der Waals surface area contributed by atoms with Crippen molar-refractivity contribution in [3.8, 4) is 0 Å². The van der Waals surface area contributed by atoms with Crippen molar-refractivity contribution in [1.29, 1.82) is 0 Å². The Kier molecular flexibility index (Phi) is 12.7. The van der Waals surface area contributed by atoms with Crippen LogP contribution in [0.25, 0.3) is 0 Å². The Morgan fingerprint density at radius 3 is 1.93 bits per heavy atom. The smallest absolute Gasteiger partial charge is 0.243 e. The summed E-state index contributed by atoms with van der Waals surface area (Å²) in [7, 11) is 0. The van der Waals surface area contributed by atoms with Crippen molar-refractivity contribution in [2.75, 3.05) is 6.54 Å². The minimum absolute atomic E-state index is 0.178. The minimum Gasteiger partial charge on any atom is -0.391 e. The van der Waals surface area contributed by atoms with Gasteiger partial charge in [-0.1, -0.05) is 47.5 Å². The topological polar surface area (TPSA) is 134 Å². The maximum absolute atomic E-state index is 12.7. The second kappa shape index (κ2) is 13.5. The van der Waals surface area contributed by atoms with Gasteiger partial charge < -0.3 is 26.8 Å². The van der Waals surface area contributed by atoms with Crippen LogP contribution in [0.3, 0.4) is 0 Å². The number of nitrogens with two attached hydrogens (primary N) is 1. The highest BCUT2D eigenvalue weighted by Crippen LogP contribution is 2.08. The predicted molar refractivity (Wildman–Crippen MR) is 110 cm³/mol. The van der Waals surface area contributed by atoms with Crippen LogP contribution in [0.15, 0.2) is 0 Å². The fraction of sp³-hybridized carbons (Fsp3) is 0.850. The number of hydrogen-bond donors (Lipinski definition) is 5. The molecule has 0 aliphatic rings. The number of amides is 3. The molecule has 0 aromatic heterocycles. The zero-order chi connectivity index (χ0) is 21.9. The molecule has 164 valence electrons. The Hall–Kier alpha value is -1.67. The van der Waals surface area contributed by atoms with E-state index in [0.717, 1.165) is 19.3 Å². The molecule has 0 spiro atoms. The SMILES string of the molecule is CCCCCNC(C(=O)NC(C(=O)NC(CC(C)C)C(N)=O)C(C)C)C(C)O. The normalized spacial score (nSPS) is 15.8. The van der Waals surface area contributed by atoms with Crippen molar-refractivity contribution in [3.05, 3.63) is 0 Å². The fourth-order valence-corrected chi connectivity index (χ4v) is 2.87. The molecule has 6 N–H and O–H groups in total. The lowest BCUT2D eigenvalue weighted by Gasteiger charge is -2.28. The number of carbonyl (C=O) groups is 3. The molecular formula is C20H40N4O4. The first-order valence-corrected chi connectivity index (χ1v) is 10.3. The highest BCUT2D eigenvalue weighted by atomic mass is 16.3. The molecule has 28 heavy (non-hydrogen) atoms. The first-order valence-electron chi connectivity index (χ1n) is 10.3. The molecule has 8 heteroatoms. The molecule has 4 unspecified atom stereocenters. The van der Waals surface area contributed by atoms with Crippen molar-refractivity contribution in [1.82, 2.24) is 16.0 Å². The van der Waals surface area contributed by atoms with Gasteiger partial charge in [-0.3, -0.25) is 14.4 Å². The van der Waals surface area contributed by atoms with Gasteiger partial charge in [-0.05, 0) is 38.1 Å². The summed E-state index contributed by atoms with van der Waals surface area (Å²) < 4.78 is 0. The number of primary amides is 1. The molecule has 0 aliphatic heterocycles. The first kappa shape index (κ1) is 26.3. The van der Waals surface area contributed by atoms with Crippen LogP contribution in [-0.2, 0) is 14.4 Å². The van der Waals surface area contributed by atoms with Crippen molar-refractivity contribution >= 4 is 17.7 Å². The van der Waals surface area contributed by atoms with Gasteiger partial charge in [0.25, 0.3) is 0 Å². The molecule has 3 amide bonds. The zero-order valence-electron chi connectivity index (χ0n) is 18.2. The van der Waals surface area contributed by atoms with Gasteiger partial charge in [0.2, 0.25) is 17.7 Å². The van der Waals surface area contributed by atoms with Crippen LogP contribution >= 0.6 is 0 Å².